The van der Waals surface area contributed by atoms with Crippen LogP contribution in [0.3, 0.4) is 0 Å². The van der Waals surface area contributed by atoms with Gasteiger partial charge in [0.2, 0.25) is 5.91 Å². The molecular formula is C11H21NO4S. The van der Waals surface area contributed by atoms with Gasteiger partial charge in [0, 0.05) is 31.9 Å². The largest absolute Gasteiger partial charge is 0.382 e. The highest BCUT2D eigenvalue weighted by molar-refractivity contribution is 7.81. The highest BCUT2D eigenvalue weighted by atomic mass is 32.1. The van der Waals surface area contributed by atoms with Gasteiger partial charge in [-0.15, -0.1) is 0 Å². The Bertz CT molecular complexity index is 228. The van der Waals surface area contributed by atoms with Gasteiger partial charge in [-0.1, -0.05) is 0 Å². The van der Waals surface area contributed by atoms with Crippen molar-refractivity contribution in [2.45, 2.75) is 11.7 Å². The number of ether oxygens (including phenoxy) is 3. The number of likely N-dealkylation sites (tertiary alicyclic amines) is 1. The SMILES string of the molecule is COCCOCCOCCN1CC(S)CC1=O. The minimum absolute atomic E-state index is 0.171. The summed E-state index contributed by atoms with van der Waals surface area (Å²) in [5, 5.41) is 0.180. The molecule has 100 valence electrons. The van der Waals surface area contributed by atoms with E-state index in [0.29, 0.717) is 46.0 Å². The van der Waals surface area contributed by atoms with Crippen molar-refractivity contribution in [1.82, 2.24) is 4.90 Å². The second-order valence-electron chi connectivity index (χ2n) is 3.92. The van der Waals surface area contributed by atoms with Crippen molar-refractivity contribution in [1.29, 1.82) is 0 Å². The zero-order valence-electron chi connectivity index (χ0n) is 10.3. The van der Waals surface area contributed by atoms with Crippen molar-refractivity contribution in [2.24, 2.45) is 0 Å². The van der Waals surface area contributed by atoms with Crippen LogP contribution in [0.2, 0.25) is 0 Å². The Morgan fingerprint density at radius 2 is 1.88 bits per heavy atom. The average molecular weight is 263 g/mol. The molecule has 1 fully saturated rings. The third-order valence-corrected chi connectivity index (χ3v) is 2.85. The molecule has 0 aromatic carbocycles. The van der Waals surface area contributed by atoms with E-state index in [1.807, 2.05) is 0 Å². The van der Waals surface area contributed by atoms with Crippen LogP contribution in [0.5, 0.6) is 0 Å². The summed E-state index contributed by atoms with van der Waals surface area (Å²) >= 11 is 4.29. The molecule has 0 aromatic heterocycles. The first-order valence-electron chi connectivity index (χ1n) is 5.84. The van der Waals surface area contributed by atoms with Gasteiger partial charge in [0.1, 0.15) is 0 Å². The predicted octanol–water partition coefficient (Wildman–Crippen LogP) is 0.197. The molecule has 5 nitrogen and oxygen atoms in total. The zero-order chi connectivity index (χ0) is 12.5. The smallest absolute Gasteiger partial charge is 0.223 e. The lowest BCUT2D eigenvalue weighted by Crippen LogP contribution is -2.29. The molecule has 0 aliphatic carbocycles. The van der Waals surface area contributed by atoms with E-state index < -0.39 is 0 Å². The van der Waals surface area contributed by atoms with Crippen molar-refractivity contribution in [2.75, 3.05) is 53.2 Å². The van der Waals surface area contributed by atoms with Gasteiger partial charge >= 0.3 is 0 Å². The highest BCUT2D eigenvalue weighted by Gasteiger charge is 2.26. The maximum Gasteiger partial charge on any atom is 0.223 e. The van der Waals surface area contributed by atoms with E-state index >= 15 is 0 Å². The van der Waals surface area contributed by atoms with Crippen molar-refractivity contribution < 1.29 is 19.0 Å². The number of nitrogens with zero attached hydrogens (tertiary/aromatic N) is 1. The molecule has 0 aromatic rings. The third-order valence-electron chi connectivity index (χ3n) is 2.50. The summed E-state index contributed by atoms with van der Waals surface area (Å²) in [5.74, 6) is 0.171. The summed E-state index contributed by atoms with van der Waals surface area (Å²) in [6, 6.07) is 0. The normalized spacial score (nSPS) is 20.2. The lowest BCUT2D eigenvalue weighted by molar-refractivity contribution is -0.128. The van der Waals surface area contributed by atoms with E-state index in [2.05, 4.69) is 12.6 Å². The van der Waals surface area contributed by atoms with Crippen molar-refractivity contribution >= 4 is 18.5 Å². The first-order valence-corrected chi connectivity index (χ1v) is 6.36. The molecule has 1 unspecified atom stereocenters. The zero-order valence-corrected chi connectivity index (χ0v) is 11.2. The van der Waals surface area contributed by atoms with Gasteiger partial charge in [-0.05, 0) is 0 Å². The number of hydrogen-bond acceptors (Lipinski definition) is 5. The van der Waals surface area contributed by atoms with Crippen LogP contribution < -0.4 is 0 Å². The quantitative estimate of drug-likeness (QED) is 0.477. The molecule has 0 saturated carbocycles. The second-order valence-corrected chi connectivity index (χ2v) is 4.65. The number of amides is 1. The molecule has 0 bridgehead atoms. The summed E-state index contributed by atoms with van der Waals surface area (Å²) in [6.45, 7) is 4.24. The summed E-state index contributed by atoms with van der Waals surface area (Å²) < 4.78 is 15.5. The molecule has 0 spiro atoms. The number of thiol groups is 1. The van der Waals surface area contributed by atoms with Crippen LogP contribution in [-0.4, -0.2) is 69.3 Å². The fourth-order valence-corrected chi connectivity index (χ4v) is 1.96. The molecule has 0 N–H and O–H groups in total. The number of methoxy groups -OCH3 is 1. The fourth-order valence-electron chi connectivity index (χ4n) is 1.61. The van der Waals surface area contributed by atoms with Crippen LogP contribution in [0.1, 0.15) is 6.42 Å². The molecule has 1 amide bonds. The van der Waals surface area contributed by atoms with Gasteiger partial charge in [0.05, 0.1) is 33.0 Å². The Hall–Kier alpha value is -0.300. The molecule has 1 saturated heterocycles. The van der Waals surface area contributed by atoms with Crippen molar-refractivity contribution in [3.8, 4) is 0 Å². The number of carbonyl (C=O) groups excluding carboxylic acids is 1. The number of rotatable bonds is 9. The number of hydrogen-bond donors (Lipinski definition) is 1. The third kappa shape index (κ3) is 6.26. The van der Waals surface area contributed by atoms with Gasteiger partial charge in [-0.25, -0.2) is 0 Å². The van der Waals surface area contributed by atoms with Crippen LogP contribution in [-0.2, 0) is 19.0 Å². The molecule has 0 radical (unpaired) electrons. The van der Waals surface area contributed by atoms with E-state index in [0.717, 1.165) is 6.54 Å². The topological polar surface area (TPSA) is 48.0 Å². The minimum Gasteiger partial charge on any atom is -0.382 e. The molecular weight excluding hydrogens is 242 g/mol. The summed E-state index contributed by atoms with van der Waals surface area (Å²) in [5.41, 5.74) is 0. The lowest BCUT2D eigenvalue weighted by atomic mass is 10.4. The fraction of sp³-hybridized carbons (Fsp3) is 0.909. The Morgan fingerprint density at radius 3 is 2.47 bits per heavy atom. The molecule has 17 heavy (non-hydrogen) atoms. The highest BCUT2D eigenvalue weighted by Crippen LogP contribution is 2.14. The van der Waals surface area contributed by atoms with E-state index in [1.54, 1.807) is 12.0 Å². The molecule has 6 heteroatoms. The van der Waals surface area contributed by atoms with Crippen molar-refractivity contribution in [3.63, 3.8) is 0 Å². The van der Waals surface area contributed by atoms with E-state index in [4.69, 9.17) is 14.2 Å². The predicted molar refractivity (Wildman–Crippen MR) is 67.5 cm³/mol. The van der Waals surface area contributed by atoms with E-state index in [9.17, 15) is 4.79 Å². The average Bonchev–Trinajstić information content (AvgIpc) is 2.61. The summed E-state index contributed by atoms with van der Waals surface area (Å²) in [4.78, 5) is 13.2. The Morgan fingerprint density at radius 1 is 1.24 bits per heavy atom. The number of carbonyl (C=O) groups is 1. The van der Waals surface area contributed by atoms with Crippen LogP contribution in [0, 0.1) is 0 Å². The maximum absolute atomic E-state index is 11.4. The van der Waals surface area contributed by atoms with Crippen LogP contribution in [0.15, 0.2) is 0 Å². The molecule has 1 atom stereocenters. The van der Waals surface area contributed by atoms with Crippen LogP contribution in [0.25, 0.3) is 0 Å². The first-order chi connectivity index (χ1) is 8.24. The van der Waals surface area contributed by atoms with Gasteiger partial charge in [0.25, 0.3) is 0 Å². The van der Waals surface area contributed by atoms with Gasteiger partial charge in [-0.3, -0.25) is 4.79 Å². The standard InChI is InChI=1S/C11H21NO4S/c1-14-4-5-16-7-6-15-3-2-12-9-10(17)8-11(12)13/h10,17H,2-9H2,1H3. The van der Waals surface area contributed by atoms with Crippen LogP contribution in [0.4, 0.5) is 0 Å². The molecule has 1 heterocycles. The van der Waals surface area contributed by atoms with E-state index in [1.165, 1.54) is 0 Å². The van der Waals surface area contributed by atoms with Gasteiger partial charge in [0.15, 0.2) is 0 Å². The van der Waals surface area contributed by atoms with E-state index in [-0.39, 0.29) is 11.2 Å². The molecule has 1 aliphatic rings. The summed E-state index contributed by atoms with van der Waals surface area (Å²) in [6.07, 6.45) is 0.545. The summed E-state index contributed by atoms with van der Waals surface area (Å²) in [7, 11) is 1.64. The second kappa shape index (κ2) is 8.74. The lowest BCUT2D eigenvalue weighted by Gasteiger charge is -2.15. The van der Waals surface area contributed by atoms with Crippen LogP contribution >= 0.6 is 12.6 Å². The Balaban J connectivity index is 1.89. The Labute approximate surface area is 108 Å². The van der Waals surface area contributed by atoms with Gasteiger partial charge < -0.3 is 19.1 Å². The maximum atomic E-state index is 11.4. The molecule has 1 aliphatic heterocycles. The molecule has 1 rings (SSSR count). The van der Waals surface area contributed by atoms with Crippen molar-refractivity contribution in [3.05, 3.63) is 0 Å². The first kappa shape index (κ1) is 14.8. The Kier molecular flexibility index (Phi) is 7.59. The monoisotopic (exact) mass is 263 g/mol. The van der Waals surface area contributed by atoms with Gasteiger partial charge in [-0.2, -0.15) is 12.6 Å². The minimum atomic E-state index is 0.171.